The highest BCUT2D eigenvalue weighted by Crippen LogP contribution is 2.33. The Balaban J connectivity index is 2.76. The number of halogens is 7. The summed E-state index contributed by atoms with van der Waals surface area (Å²) < 4.78 is 86.2. The van der Waals surface area contributed by atoms with Crippen molar-refractivity contribution in [1.82, 2.24) is 0 Å². The van der Waals surface area contributed by atoms with Gasteiger partial charge in [0.1, 0.15) is 0 Å². The van der Waals surface area contributed by atoms with Crippen LogP contribution < -0.4 is 0 Å². The van der Waals surface area contributed by atoms with Crippen LogP contribution in [0.15, 0.2) is 36.2 Å². The molecule has 124 valence electrons. The van der Waals surface area contributed by atoms with Crippen molar-refractivity contribution in [2.45, 2.75) is 39.0 Å². The third-order valence-corrected chi connectivity index (χ3v) is 3.07. The number of benzene rings is 1. The zero-order chi connectivity index (χ0) is 17.2. The van der Waals surface area contributed by atoms with Crippen molar-refractivity contribution in [3.8, 4) is 0 Å². The zero-order valence-electron chi connectivity index (χ0n) is 11.9. The Morgan fingerprint density at radius 2 is 1.45 bits per heavy atom. The molecule has 0 unspecified atom stereocenters. The Labute approximate surface area is 123 Å². The second kappa shape index (κ2) is 6.30. The first-order chi connectivity index (χ1) is 9.81. The average Bonchev–Trinajstić information content (AvgIpc) is 2.34. The summed E-state index contributed by atoms with van der Waals surface area (Å²) in [4.78, 5) is 0. The Morgan fingerprint density at radius 3 is 1.86 bits per heavy atom. The molecule has 0 nitrogen and oxygen atoms in total. The largest absolute Gasteiger partial charge is 0.442 e. The molecule has 0 aliphatic rings. The SMILES string of the molecule is CC(C)(C/C=C(\F)C(F)(F)F)Cc1ccc(C(F)(F)F)cc1. The zero-order valence-corrected chi connectivity index (χ0v) is 11.9. The Kier molecular flexibility index (Phi) is 5.30. The monoisotopic (exact) mass is 328 g/mol. The molecule has 22 heavy (non-hydrogen) atoms. The van der Waals surface area contributed by atoms with E-state index in [1.54, 1.807) is 13.8 Å². The molecular formula is C15H15F7. The normalized spacial score (nSPS) is 14.3. The summed E-state index contributed by atoms with van der Waals surface area (Å²) >= 11 is 0. The molecule has 0 atom stereocenters. The lowest BCUT2D eigenvalue weighted by molar-refractivity contribution is -0.137. The average molecular weight is 328 g/mol. The maximum Gasteiger partial charge on any atom is 0.442 e. The predicted octanol–water partition coefficient (Wildman–Crippen LogP) is 6.08. The van der Waals surface area contributed by atoms with Gasteiger partial charge in [0.25, 0.3) is 0 Å². The van der Waals surface area contributed by atoms with Gasteiger partial charge in [-0.25, -0.2) is 4.39 Å². The second-order valence-corrected chi connectivity index (χ2v) is 5.79. The first kappa shape index (κ1) is 18.5. The number of hydrogen-bond donors (Lipinski definition) is 0. The van der Waals surface area contributed by atoms with E-state index in [-0.39, 0.29) is 12.8 Å². The molecule has 0 fully saturated rings. The van der Waals surface area contributed by atoms with E-state index in [1.165, 1.54) is 12.1 Å². The van der Waals surface area contributed by atoms with E-state index in [1.807, 2.05) is 0 Å². The van der Waals surface area contributed by atoms with Crippen LogP contribution >= 0.6 is 0 Å². The van der Waals surface area contributed by atoms with Gasteiger partial charge in [-0.3, -0.25) is 0 Å². The van der Waals surface area contributed by atoms with Gasteiger partial charge >= 0.3 is 12.4 Å². The summed E-state index contributed by atoms with van der Waals surface area (Å²) in [5.74, 6) is -2.16. The van der Waals surface area contributed by atoms with Gasteiger partial charge in [0, 0.05) is 0 Å². The van der Waals surface area contributed by atoms with Crippen molar-refractivity contribution in [1.29, 1.82) is 0 Å². The molecule has 0 aromatic heterocycles. The molecule has 1 aromatic rings. The first-order valence-electron chi connectivity index (χ1n) is 6.40. The van der Waals surface area contributed by atoms with Crippen molar-refractivity contribution in [2.75, 3.05) is 0 Å². The predicted molar refractivity (Wildman–Crippen MR) is 68.8 cm³/mol. The highest BCUT2D eigenvalue weighted by Gasteiger charge is 2.35. The van der Waals surface area contributed by atoms with E-state index in [0.29, 0.717) is 11.6 Å². The number of allylic oxidation sites excluding steroid dienone is 2. The highest BCUT2D eigenvalue weighted by molar-refractivity contribution is 5.25. The molecule has 0 saturated carbocycles. The lowest BCUT2D eigenvalue weighted by Crippen LogP contribution is -2.16. The van der Waals surface area contributed by atoms with Gasteiger partial charge in [-0.1, -0.05) is 26.0 Å². The van der Waals surface area contributed by atoms with Crippen molar-refractivity contribution in [3.63, 3.8) is 0 Å². The van der Waals surface area contributed by atoms with Gasteiger partial charge in [-0.2, -0.15) is 26.3 Å². The maximum absolute atomic E-state index is 12.8. The number of rotatable bonds is 4. The van der Waals surface area contributed by atoms with Crippen LogP contribution in [-0.4, -0.2) is 6.18 Å². The van der Waals surface area contributed by atoms with Crippen molar-refractivity contribution in [3.05, 3.63) is 47.3 Å². The molecule has 0 aliphatic carbocycles. The lowest BCUT2D eigenvalue weighted by Gasteiger charge is -2.23. The Bertz CT molecular complexity index is 518. The lowest BCUT2D eigenvalue weighted by atomic mass is 9.82. The fraction of sp³-hybridized carbons (Fsp3) is 0.467. The van der Waals surface area contributed by atoms with Crippen LogP contribution in [0.3, 0.4) is 0 Å². The fourth-order valence-electron chi connectivity index (χ4n) is 1.92. The minimum atomic E-state index is -5.01. The van der Waals surface area contributed by atoms with E-state index < -0.39 is 29.2 Å². The molecule has 0 bridgehead atoms. The summed E-state index contributed by atoms with van der Waals surface area (Å²) in [6.07, 6.45) is -8.94. The summed E-state index contributed by atoms with van der Waals surface area (Å²) in [5, 5.41) is 0. The van der Waals surface area contributed by atoms with Crippen LogP contribution in [0.1, 0.15) is 31.4 Å². The molecular weight excluding hydrogens is 313 g/mol. The summed E-state index contributed by atoms with van der Waals surface area (Å²) in [7, 11) is 0. The molecule has 0 aliphatic heterocycles. The minimum Gasteiger partial charge on any atom is -0.202 e. The minimum absolute atomic E-state index is 0.181. The Morgan fingerprint density at radius 1 is 0.955 bits per heavy atom. The molecule has 0 saturated heterocycles. The molecule has 0 heterocycles. The van der Waals surface area contributed by atoms with Crippen LogP contribution in [-0.2, 0) is 12.6 Å². The van der Waals surface area contributed by atoms with E-state index in [9.17, 15) is 30.7 Å². The van der Waals surface area contributed by atoms with Crippen molar-refractivity contribution < 1.29 is 30.7 Å². The first-order valence-corrected chi connectivity index (χ1v) is 6.40. The van der Waals surface area contributed by atoms with Crippen molar-refractivity contribution in [2.24, 2.45) is 5.41 Å². The summed E-state index contributed by atoms with van der Waals surface area (Å²) in [5.41, 5.74) is -0.974. The van der Waals surface area contributed by atoms with Crippen LogP contribution in [0, 0.1) is 5.41 Å². The van der Waals surface area contributed by atoms with Crippen LogP contribution in [0.25, 0.3) is 0 Å². The maximum atomic E-state index is 12.8. The van der Waals surface area contributed by atoms with Gasteiger partial charge in [-0.15, -0.1) is 0 Å². The Hall–Kier alpha value is -1.53. The third-order valence-electron chi connectivity index (χ3n) is 3.07. The topological polar surface area (TPSA) is 0 Å². The number of alkyl halides is 6. The van der Waals surface area contributed by atoms with Gasteiger partial charge in [0.15, 0.2) is 5.83 Å². The van der Waals surface area contributed by atoms with E-state index in [0.717, 1.165) is 12.1 Å². The smallest absolute Gasteiger partial charge is 0.202 e. The van der Waals surface area contributed by atoms with Crippen LogP contribution in [0.2, 0.25) is 0 Å². The standard InChI is InChI=1S/C15H15F7/c1-13(2,8-7-12(16)15(20,21)22)9-10-3-5-11(6-4-10)14(17,18)19/h3-7H,8-9H2,1-2H3/b12-7-. The molecule has 0 amide bonds. The molecule has 1 rings (SSSR count). The second-order valence-electron chi connectivity index (χ2n) is 5.79. The van der Waals surface area contributed by atoms with E-state index >= 15 is 0 Å². The van der Waals surface area contributed by atoms with E-state index in [4.69, 9.17) is 0 Å². The van der Waals surface area contributed by atoms with Crippen LogP contribution in [0.4, 0.5) is 30.7 Å². The van der Waals surface area contributed by atoms with Gasteiger partial charge < -0.3 is 0 Å². The summed E-state index contributed by atoms with van der Waals surface area (Å²) in [6, 6.07) is 4.37. The van der Waals surface area contributed by atoms with Gasteiger partial charge in [-0.05, 0) is 42.0 Å². The quantitative estimate of drug-likeness (QED) is 0.588. The van der Waals surface area contributed by atoms with Crippen molar-refractivity contribution >= 4 is 0 Å². The third kappa shape index (κ3) is 5.69. The van der Waals surface area contributed by atoms with Gasteiger partial charge in [0.2, 0.25) is 0 Å². The fourth-order valence-corrected chi connectivity index (χ4v) is 1.92. The number of hydrogen-bond acceptors (Lipinski definition) is 0. The van der Waals surface area contributed by atoms with Gasteiger partial charge in [0.05, 0.1) is 5.56 Å². The molecule has 0 radical (unpaired) electrons. The molecule has 0 spiro atoms. The highest BCUT2D eigenvalue weighted by atomic mass is 19.4. The molecule has 1 aromatic carbocycles. The van der Waals surface area contributed by atoms with E-state index in [2.05, 4.69) is 0 Å². The van der Waals surface area contributed by atoms with Crippen LogP contribution in [0.5, 0.6) is 0 Å². The molecule has 0 N–H and O–H groups in total. The molecule has 7 heteroatoms. The summed E-state index contributed by atoms with van der Waals surface area (Å²) in [6.45, 7) is 3.23.